The standard InChI is InChI=1S/C15H14FNO/c1-11-9-12(3-2-4-14(11)16)10-15(18)13-5-7-17-8-6-13/h3-9H,2,10H2,1H3. The van der Waals surface area contributed by atoms with Crippen LogP contribution in [-0.4, -0.2) is 10.8 Å². The van der Waals surface area contributed by atoms with Crippen LogP contribution in [0.15, 0.2) is 59.7 Å². The lowest BCUT2D eigenvalue weighted by Gasteiger charge is -2.02. The van der Waals surface area contributed by atoms with Crippen molar-refractivity contribution in [1.82, 2.24) is 4.98 Å². The highest BCUT2D eigenvalue weighted by atomic mass is 19.1. The van der Waals surface area contributed by atoms with Crippen molar-refractivity contribution in [2.24, 2.45) is 0 Å². The predicted octanol–water partition coefficient (Wildman–Crippen LogP) is 3.78. The maximum atomic E-state index is 13.3. The van der Waals surface area contributed by atoms with Gasteiger partial charge >= 0.3 is 0 Å². The summed E-state index contributed by atoms with van der Waals surface area (Å²) >= 11 is 0. The van der Waals surface area contributed by atoms with Gasteiger partial charge in [0.25, 0.3) is 0 Å². The fourth-order valence-electron chi connectivity index (χ4n) is 1.83. The Morgan fingerprint density at radius 2 is 2.06 bits per heavy atom. The van der Waals surface area contributed by atoms with E-state index in [1.807, 2.05) is 6.08 Å². The van der Waals surface area contributed by atoms with E-state index in [4.69, 9.17) is 0 Å². The maximum absolute atomic E-state index is 13.3. The molecule has 0 unspecified atom stereocenters. The zero-order chi connectivity index (χ0) is 13.0. The lowest BCUT2D eigenvalue weighted by atomic mass is 10.0. The normalized spacial score (nSPS) is 15.3. The van der Waals surface area contributed by atoms with Gasteiger partial charge < -0.3 is 0 Å². The molecule has 0 saturated heterocycles. The van der Waals surface area contributed by atoms with Crippen LogP contribution >= 0.6 is 0 Å². The molecule has 1 heterocycles. The third-order valence-corrected chi connectivity index (χ3v) is 2.82. The lowest BCUT2D eigenvalue weighted by molar-refractivity contribution is 0.0993. The lowest BCUT2D eigenvalue weighted by Crippen LogP contribution is -2.00. The summed E-state index contributed by atoms with van der Waals surface area (Å²) in [5, 5.41) is 0. The molecule has 92 valence electrons. The second kappa shape index (κ2) is 5.54. The topological polar surface area (TPSA) is 30.0 Å². The zero-order valence-electron chi connectivity index (χ0n) is 10.2. The molecule has 1 aliphatic rings. The Morgan fingerprint density at radius 1 is 1.33 bits per heavy atom. The molecule has 0 radical (unpaired) electrons. The van der Waals surface area contributed by atoms with Crippen molar-refractivity contribution in [3.8, 4) is 0 Å². The molecule has 0 amide bonds. The zero-order valence-corrected chi connectivity index (χ0v) is 10.2. The third-order valence-electron chi connectivity index (χ3n) is 2.82. The van der Waals surface area contributed by atoms with E-state index in [0.717, 1.165) is 5.57 Å². The Balaban J connectivity index is 2.12. The number of aromatic nitrogens is 1. The van der Waals surface area contributed by atoms with Gasteiger partial charge in [-0.25, -0.2) is 4.39 Å². The second-order valence-electron chi connectivity index (χ2n) is 4.23. The number of hydrogen-bond acceptors (Lipinski definition) is 2. The molecule has 2 nitrogen and oxygen atoms in total. The molecule has 1 aromatic heterocycles. The van der Waals surface area contributed by atoms with E-state index < -0.39 is 0 Å². The number of Topliss-reactive ketones (excluding diaryl/α,β-unsaturated/α-hetero) is 1. The Kier molecular flexibility index (Phi) is 3.82. The SMILES string of the molecule is CC1=CC(CC(=O)c2ccncc2)=CCC=C1F. The number of nitrogens with zero attached hydrogens (tertiary/aromatic N) is 1. The molecule has 0 saturated carbocycles. The van der Waals surface area contributed by atoms with Gasteiger partial charge in [0.2, 0.25) is 0 Å². The highest BCUT2D eigenvalue weighted by Crippen LogP contribution is 2.21. The van der Waals surface area contributed by atoms with Gasteiger partial charge in [-0.2, -0.15) is 0 Å². The van der Waals surface area contributed by atoms with E-state index in [0.29, 0.717) is 24.0 Å². The van der Waals surface area contributed by atoms with Crippen molar-refractivity contribution < 1.29 is 9.18 Å². The van der Waals surface area contributed by atoms with E-state index in [9.17, 15) is 9.18 Å². The van der Waals surface area contributed by atoms with Crippen LogP contribution in [0.2, 0.25) is 0 Å². The van der Waals surface area contributed by atoms with Gasteiger partial charge in [0.15, 0.2) is 5.78 Å². The maximum Gasteiger partial charge on any atom is 0.167 e. The molecule has 1 aromatic rings. The number of halogens is 1. The minimum Gasteiger partial charge on any atom is -0.294 e. The van der Waals surface area contributed by atoms with Gasteiger partial charge in [0.1, 0.15) is 5.83 Å². The van der Waals surface area contributed by atoms with Crippen molar-refractivity contribution in [3.63, 3.8) is 0 Å². The highest BCUT2D eigenvalue weighted by molar-refractivity contribution is 5.97. The first kappa shape index (κ1) is 12.4. The summed E-state index contributed by atoms with van der Waals surface area (Å²) in [7, 11) is 0. The Morgan fingerprint density at radius 3 is 2.78 bits per heavy atom. The Bertz CT molecular complexity index is 541. The van der Waals surface area contributed by atoms with Crippen molar-refractivity contribution in [1.29, 1.82) is 0 Å². The number of rotatable bonds is 3. The second-order valence-corrected chi connectivity index (χ2v) is 4.23. The minimum atomic E-state index is -0.211. The molecule has 0 atom stereocenters. The molecule has 0 aliphatic heterocycles. The van der Waals surface area contributed by atoms with E-state index in [-0.39, 0.29) is 11.6 Å². The molecule has 0 N–H and O–H groups in total. The molecular weight excluding hydrogens is 229 g/mol. The summed E-state index contributed by atoms with van der Waals surface area (Å²) in [5.74, 6) is -0.187. The fraction of sp³-hybridized carbons (Fsp3) is 0.200. The number of hydrogen-bond donors (Lipinski definition) is 0. The third kappa shape index (κ3) is 3.00. The van der Waals surface area contributed by atoms with Gasteiger partial charge in [0, 0.05) is 24.4 Å². The smallest absolute Gasteiger partial charge is 0.167 e. The number of allylic oxidation sites excluding steroid dienone is 6. The fourth-order valence-corrected chi connectivity index (χ4v) is 1.83. The molecule has 2 rings (SSSR count). The molecule has 0 bridgehead atoms. The van der Waals surface area contributed by atoms with Crippen LogP contribution in [0.25, 0.3) is 0 Å². The van der Waals surface area contributed by atoms with Crippen LogP contribution < -0.4 is 0 Å². The first-order valence-corrected chi connectivity index (χ1v) is 5.83. The quantitative estimate of drug-likeness (QED) is 0.756. The van der Waals surface area contributed by atoms with Gasteiger partial charge in [-0.3, -0.25) is 9.78 Å². The first-order valence-electron chi connectivity index (χ1n) is 5.83. The van der Waals surface area contributed by atoms with Crippen LogP contribution in [0.1, 0.15) is 30.1 Å². The first-order chi connectivity index (χ1) is 8.66. The number of carbonyl (C=O) groups is 1. The van der Waals surface area contributed by atoms with Gasteiger partial charge in [0.05, 0.1) is 0 Å². The average molecular weight is 243 g/mol. The van der Waals surface area contributed by atoms with Gasteiger partial charge in [-0.15, -0.1) is 0 Å². The van der Waals surface area contributed by atoms with E-state index in [1.54, 1.807) is 37.5 Å². The van der Waals surface area contributed by atoms with E-state index >= 15 is 0 Å². The van der Waals surface area contributed by atoms with E-state index in [1.165, 1.54) is 6.08 Å². The van der Waals surface area contributed by atoms with Crippen LogP contribution in [0.3, 0.4) is 0 Å². The molecule has 0 aromatic carbocycles. The minimum absolute atomic E-state index is 0.0232. The van der Waals surface area contributed by atoms with Gasteiger partial charge in [-0.1, -0.05) is 12.2 Å². The summed E-state index contributed by atoms with van der Waals surface area (Å²) in [5.41, 5.74) is 2.06. The summed E-state index contributed by atoms with van der Waals surface area (Å²) in [6, 6.07) is 3.38. The highest BCUT2D eigenvalue weighted by Gasteiger charge is 2.10. The number of carbonyl (C=O) groups excluding carboxylic acids is 1. The monoisotopic (exact) mass is 243 g/mol. The predicted molar refractivity (Wildman–Crippen MR) is 68.8 cm³/mol. The Labute approximate surface area is 106 Å². The summed E-state index contributed by atoms with van der Waals surface area (Å²) in [4.78, 5) is 15.9. The van der Waals surface area contributed by atoms with Crippen molar-refractivity contribution in [2.45, 2.75) is 19.8 Å². The van der Waals surface area contributed by atoms with E-state index in [2.05, 4.69) is 4.98 Å². The van der Waals surface area contributed by atoms with Gasteiger partial charge in [-0.05, 0) is 42.7 Å². The average Bonchev–Trinajstić information content (AvgIpc) is 2.53. The molecule has 18 heavy (non-hydrogen) atoms. The van der Waals surface area contributed by atoms with Crippen LogP contribution in [0, 0.1) is 0 Å². The molecule has 0 spiro atoms. The Hall–Kier alpha value is -2.03. The van der Waals surface area contributed by atoms with Crippen LogP contribution in [0.5, 0.6) is 0 Å². The summed E-state index contributed by atoms with van der Waals surface area (Å²) in [6.07, 6.45) is 9.15. The molecule has 0 fully saturated rings. The summed E-state index contributed by atoms with van der Waals surface area (Å²) < 4.78 is 13.3. The largest absolute Gasteiger partial charge is 0.294 e. The number of pyridine rings is 1. The molecular formula is C15H14FNO. The van der Waals surface area contributed by atoms with Crippen molar-refractivity contribution in [3.05, 3.63) is 65.3 Å². The molecule has 1 aliphatic carbocycles. The number of ketones is 1. The molecule has 3 heteroatoms. The van der Waals surface area contributed by atoms with Crippen LogP contribution in [-0.2, 0) is 0 Å². The summed E-state index contributed by atoms with van der Waals surface area (Å²) in [6.45, 7) is 1.71. The van der Waals surface area contributed by atoms with Crippen molar-refractivity contribution >= 4 is 5.78 Å². The van der Waals surface area contributed by atoms with Crippen molar-refractivity contribution in [2.75, 3.05) is 0 Å². The van der Waals surface area contributed by atoms with Crippen LogP contribution in [0.4, 0.5) is 4.39 Å².